The highest BCUT2D eigenvalue weighted by Crippen LogP contribution is 2.31. The number of nitrogens with zero attached hydrogens (tertiary/aromatic N) is 2. The molecule has 0 aliphatic heterocycles. The van der Waals surface area contributed by atoms with Crippen molar-refractivity contribution < 1.29 is 0 Å². The molecule has 4 nitrogen and oxygen atoms in total. The molecule has 3 N–H and O–H groups in total. The third-order valence-electron chi connectivity index (χ3n) is 4.35. The van der Waals surface area contributed by atoms with Crippen LogP contribution in [0.2, 0.25) is 0 Å². The van der Waals surface area contributed by atoms with E-state index in [0.717, 1.165) is 18.0 Å². The van der Waals surface area contributed by atoms with Crippen LogP contribution in [-0.4, -0.2) is 15.8 Å². The Hall–Kier alpha value is -1.39. The maximum Gasteiger partial charge on any atom is 0.0719 e. The lowest BCUT2D eigenvalue weighted by Crippen LogP contribution is -2.39. The van der Waals surface area contributed by atoms with E-state index < -0.39 is 0 Å². The molecule has 0 radical (unpaired) electrons. The van der Waals surface area contributed by atoms with Crippen molar-refractivity contribution in [3.63, 3.8) is 0 Å². The molecule has 1 aliphatic rings. The van der Waals surface area contributed by atoms with Crippen LogP contribution in [0.15, 0.2) is 24.3 Å². The van der Waals surface area contributed by atoms with Gasteiger partial charge in [-0.15, -0.1) is 0 Å². The fourth-order valence-corrected chi connectivity index (χ4v) is 3.01. The van der Waals surface area contributed by atoms with Gasteiger partial charge in [0.2, 0.25) is 0 Å². The lowest BCUT2D eigenvalue weighted by molar-refractivity contribution is 0.259. The number of nitrogens with two attached hydrogens (primary N) is 1. The maximum absolute atomic E-state index is 5.71. The fraction of sp³-hybridized carbons (Fsp3) is 0.533. The molecule has 1 aromatic heterocycles. The zero-order valence-electron chi connectivity index (χ0n) is 11.5. The van der Waals surface area contributed by atoms with Crippen LogP contribution < -0.4 is 11.3 Å². The summed E-state index contributed by atoms with van der Waals surface area (Å²) in [7, 11) is 2.00. The monoisotopic (exact) mass is 258 g/mol. The van der Waals surface area contributed by atoms with Gasteiger partial charge in [0.15, 0.2) is 0 Å². The van der Waals surface area contributed by atoms with E-state index in [1.54, 1.807) is 0 Å². The highest BCUT2D eigenvalue weighted by atomic mass is 15.3. The molecule has 1 fully saturated rings. The van der Waals surface area contributed by atoms with Crippen LogP contribution in [0.25, 0.3) is 10.9 Å². The van der Waals surface area contributed by atoms with Crippen LogP contribution in [0.3, 0.4) is 0 Å². The Morgan fingerprint density at radius 1 is 1.42 bits per heavy atom. The van der Waals surface area contributed by atoms with Crippen molar-refractivity contribution in [1.82, 2.24) is 15.2 Å². The van der Waals surface area contributed by atoms with E-state index >= 15 is 0 Å². The first-order valence-electron chi connectivity index (χ1n) is 7.14. The summed E-state index contributed by atoms with van der Waals surface area (Å²) in [6.07, 6.45) is 6.19. The smallest absolute Gasteiger partial charge is 0.0719 e. The van der Waals surface area contributed by atoms with Gasteiger partial charge < -0.3 is 0 Å². The van der Waals surface area contributed by atoms with Crippen LogP contribution in [0.4, 0.5) is 0 Å². The number of benzene rings is 1. The largest absolute Gasteiger partial charge is 0.271 e. The van der Waals surface area contributed by atoms with Crippen LogP contribution >= 0.6 is 0 Å². The number of hydrogen-bond acceptors (Lipinski definition) is 3. The molecule has 0 spiro atoms. The number of aromatic nitrogens is 2. The Kier molecular flexibility index (Phi) is 3.53. The summed E-state index contributed by atoms with van der Waals surface area (Å²) >= 11 is 0. The molecule has 1 saturated carbocycles. The average molecular weight is 258 g/mol. The van der Waals surface area contributed by atoms with Gasteiger partial charge in [0, 0.05) is 24.9 Å². The second-order valence-electron chi connectivity index (χ2n) is 5.69. The molecule has 1 atom stereocenters. The van der Waals surface area contributed by atoms with Crippen molar-refractivity contribution in [3.05, 3.63) is 30.0 Å². The number of para-hydroxylation sites is 1. The van der Waals surface area contributed by atoms with Crippen molar-refractivity contribution in [3.8, 4) is 0 Å². The van der Waals surface area contributed by atoms with Gasteiger partial charge in [-0.3, -0.25) is 16.0 Å². The topological polar surface area (TPSA) is 55.9 Å². The molecular formula is C15H22N4. The molecule has 0 saturated heterocycles. The summed E-state index contributed by atoms with van der Waals surface area (Å²) in [5.41, 5.74) is 5.32. The minimum atomic E-state index is 0.337. The van der Waals surface area contributed by atoms with Gasteiger partial charge in [-0.1, -0.05) is 37.5 Å². The summed E-state index contributed by atoms with van der Waals surface area (Å²) in [5, 5.41) is 5.90. The second kappa shape index (κ2) is 5.31. The molecule has 4 heteroatoms. The Balaban J connectivity index is 1.79. The molecule has 1 aromatic carbocycles. The highest BCUT2D eigenvalue weighted by molar-refractivity contribution is 5.81. The number of hydrogen-bond donors (Lipinski definition) is 2. The normalized spacial score (nSPS) is 17.6. The molecule has 102 valence electrons. The zero-order valence-corrected chi connectivity index (χ0v) is 11.5. The van der Waals surface area contributed by atoms with E-state index in [4.69, 9.17) is 5.84 Å². The van der Waals surface area contributed by atoms with Crippen molar-refractivity contribution in [2.24, 2.45) is 18.8 Å². The van der Waals surface area contributed by atoms with E-state index in [-0.39, 0.29) is 0 Å². The van der Waals surface area contributed by atoms with Gasteiger partial charge in [0.05, 0.1) is 11.2 Å². The number of fused-ring (bicyclic) bond motifs is 1. The molecule has 1 aliphatic carbocycles. The van der Waals surface area contributed by atoms with Gasteiger partial charge in [-0.2, -0.15) is 5.10 Å². The van der Waals surface area contributed by atoms with Gasteiger partial charge >= 0.3 is 0 Å². The predicted octanol–water partition coefficient (Wildman–Crippen LogP) is 2.14. The highest BCUT2D eigenvalue weighted by Gasteiger charge is 2.23. The van der Waals surface area contributed by atoms with E-state index in [9.17, 15) is 0 Å². The Bertz CT molecular complexity index is 556. The molecule has 0 amide bonds. The van der Waals surface area contributed by atoms with E-state index in [1.807, 2.05) is 11.7 Å². The van der Waals surface area contributed by atoms with E-state index in [2.05, 4.69) is 34.8 Å². The van der Waals surface area contributed by atoms with Gasteiger partial charge in [-0.05, 0) is 18.4 Å². The summed E-state index contributed by atoms with van der Waals surface area (Å²) in [4.78, 5) is 0. The number of rotatable bonds is 5. The average Bonchev–Trinajstić information content (AvgIpc) is 2.70. The summed E-state index contributed by atoms with van der Waals surface area (Å²) in [5.74, 6) is 6.57. The van der Waals surface area contributed by atoms with Crippen LogP contribution in [0.1, 0.15) is 31.4 Å². The lowest BCUT2D eigenvalue weighted by Gasteiger charge is -2.29. The van der Waals surface area contributed by atoms with Gasteiger partial charge in [-0.25, -0.2) is 0 Å². The van der Waals surface area contributed by atoms with Crippen molar-refractivity contribution in [1.29, 1.82) is 0 Å². The lowest BCUT2D eigenvalue weighted by atomic mass is 9.80. The first-order valence-corrected chi connectivity index (χ1v) is 7.14. The minimum Gasteiger partial charge on any atom is -0.271 e. The number of nitrogens with one attached hydrogen (secondary N) is 1. The third-order valence-corrected chi connectivity index (χ3v) is 4.35. The Morgan fingerprint density at radius 3 is 2.89 bits per heavy atom. The quantitative estimate of drug-likeness (QED) is 0.638. The molecule has 1 heterocycles. The third kappa shape index (κ3) is 2.51. The van der Waals surface area contributed by atoms with E-state index in [0.29, 0.717) is 6.04 Å². The predicted molar refractivity (Wildman–Crippen MR) is 77.5 cm³/mol. The second-order valence-corrected chi connectivity index (χ2v) is 5.69. The van der Waals surface area contributed by atoms with Crippen LogP contribution in [0, 0.1) is 5.92 Å². The van der Waals surface area contributed by atoms with Crippen LogP contribution in [-0.2, 0) is 13.5 Å². The summed E-state index contributed by atoms with van der Waals surface area (Å²) in [6.45, 7) is 0. The molecular weight excluding hydrogens is 236 g/mol. The molecule has 19 heavy (non-hydrogen) atoms. The maximum atomic E-state index is 5.71. The van der Waals surface area contributed by atoms with Crippen LogP contribution in [0.5, 0.6) is 0 Å². The van der Waals surface area contributed by atoms with Crippen molar-refractivity contribution >= 4 is 10.9 Å². The van der Waals surface area contributed by atoms with Crippen molar-refractivity contribution in [2.45, 2.75) is 38.1 Å². The molecule has 2 aromatic rings. The molecule has 1 unspecified atom stereocenters. The number of hydrazine groups is 1. The standard InChI is InChI=1S/C15H22N4/c1-19-15-8-3-2-7-13(15)14(18-19)10-12(17-16)9-11-5-4-6-11/h2-3,7-8,11-12,17H,4-6,9-10,16H2,1H3. The fourth-order valence-electron chi connectivity index (χ4n) is 3.01. The Morgan fingerprint density at radius 2 is 2.21 bits per heavy atom. The molecule has 3 rings (SSSR count). The SMILES string of the molecule is Cn1nc(CC(CC2CCC2)NN)c2ccccc21. The zero-order chi connectivity index (χ0) is 13.2. The minimum absolute atomic E-state index is 0.337. The summed E-state index contributed by atoms with van der Waals surface area (Å²) in [6, 6.07) is 8.73. The van der Waals surface area contributed by atoms with Gasteiger partial charge in [0.25, 0.3) is 0 Å². The number of aryl methyl sites for hydroxylation is 1. The van der Waals surface area contributed by atoms with Gasteiger partial charge in [0.1, 0.15) is 0 Å². The van der Waals surface area contributed by atoms with Crippen molar-refractivity contribution in [2.75, 3.05) is 0 Å². The first kappa shape index (κ1) is 12.6. The molecule has 0 bridgehead atoms. The first-order chi connectivity index (χ1) is 9.28. The summed E-state index contributed by atoms with van der Waals surface area (Å²) < 4.78 is 1.96. The van der Waals surface area contributed by atoms with E-state index in [1.165, 1.54) is 36.6 Å². The Labute approximate surface area is 113 Å².